The summed E-state index contributed by atoms with van der Waals surface area (Å²) < 4.78 is 6.11. The van der Waals surface area contributed by atoms with E-state index < -0.39 is 0 Å². The van der Waals surface area contributed by atoms with Crippen molar-refractivity contribution in [2.75, 3.05) is 0 Å². The summed E-state index contributed by atoms with van der Waals surface area (Å²) >= 11 is 0. The lowest BCUT2D eigenvalue weighted by molar-refractivity contribution is -0.124. The highest BCUT2D eigenvalue weighted by Gasteiger charge is 2.47. The number of hydrogen-bond acceptors (Lipinski definition) is 2. The Balaban J connectivity index is 1.42. The Morgan fingerprint density at radius 3 is 2.75 bits per heavy atom. The summed E-state index contributed by atoms with van der Waals surface area (Å²) in [5, 5.41) is 1.14. The number of Topliss-reactive ketones (excluding diaryl/α,β-unsaturated/α-hetero) is 1. The summed E-state index contributed by atoms with van der Waals surface area (Å²) in [5.41, 5.74) is 6.05. The average molecular weight is 424 g/mol. The molecule has 4 bridgehead atoms. The van der Waals surface area contributed by atoms with E-state index in [1.54, 1.807) is 0 Å². The van der Waals surface area contributed by atoms with Gasteiger partial charge in [-0.3, -0.25) is 4.79 Å². The number of hydrogen-bond donors (Lipinski definition) is 1. The Morgan fingerprint density at radius 2 is 1.94 bits per heavy atom. The predicted molar refractivity (Wildman–Crippen MR) is 128 cm³/mol. The maximum absolute atomic E-state index is 13.5. The Labute approximate surface area is 189 Å². The number of aromatic nitrogens is 1. The van der Waals surface area contributed by atoms with E-state index in [1.165, 1.54) is 16.8 Å². The van der Waals surface area contributed by atoms with Gasteiger partial charge >= 0.3 is 0 Å². The second-order valence-electron chi connectivity index (χ2n) is 9.84. The highest BCUT2D eigenvalue weighted by Crippen LogP contribution is 2.54. The largest absolute Gasteiger partial charge is 0.489 e. The van der Waals surface area contributed by atoms with Crippen LogP contribution in [0.15, 0.2) is 72.8 Å². The second-order valence-corrected chi connectivity index (χ2v) is 9.84. The smallest absolute Gasteiger partial charge is 0.140 e. The topological polar surface area (TPSA) is 42.1 Å². The fourth-order valence-electron chi connectivity index (χ4n) is 6.60. The number of H-pyrrole nitrogens is 1. The molecular weight excluding hydrogens is 394 g/mol. The number of fused-ring (bicyclic) bond motifs is 3. The summed E-state index contributed by atoms with van der Waals surface area (Å²) in [4.78, 5) is 17.2. The molecule has 4 aliphatic carbocycles. The van der Waals surface area contributed by atoms with Crippen molar-refractivity contribution in [3.63, 3.8) is 0 Å². The van der Waals surface area contributed by atoms with Crippen LogP contribution in [0.5, 0.6) is 5.75 Å². The number of allylic oxidation sites excluding steroid dienone is 3. The van der Waals surface area contributed by atoms with E-state index in [1.807, 2.05) is 30.3 Å². The monoisotopic (exact) mass is 423 g/mol. The molecule has 0 saturated heterocycles. The SMILES string of the molecule is C=CC1=CC2CC3C(=O)Cc4c([nH]c5ccc(OCc6ccccc6)cc45)C(C2)C1C3C. The molecule has 32 heavy (non-hydrogen) atoms. The molecule has 1 fully saturated rings. The zero-order valence-electron chi connectivity index (χ0n) is 18.5. The molecule has 1 aromatic heterocycles. The molecule has 162 valence electrons. The van der Waals surface area contributed by atoms with Crippen LogP contribution in [0, 0.1) is 23.7 Å². The zero-order valence-corrected chi connectivity index (χ0v) is 18.5. The van der Waals surface area contributed by atoms with Gasteiger partial charge < -0.3 is 9.72 Å². The van der Waals surface area contributed by atoms with Crippen molar-refractivity contribution >= 4 is 16.7 Å². The molecule has 3 nitrogen and oxygen atoms in total. The quantitative estimate of drug-likeness (QED) is 0.530. The minimum atomic E-state index is 0.138. The first-order valence-corrected chi connectivity index (χ1v) is 11.8. The first-order chi connectivity index (χ1) is 15.6. The number of nitrogens with one attached hydrogen (secondary N) is 1. The third-order valence-electron chi connectivity index (χ3n) is 8.09. The first kappa shape index (κ1) is 19.6. The lowest BCUT2D eigenvalue weighted by atomic mass is 9.67. The molecular formula is C29H29NO2. The van der Waals surface area contributed by atoms with Gasteiger partial charge in [0.1, 0.15) is 18.1 Å². The van der Waals surface area contributed by atoms with Crippen LogP contribution in [0.25, 0.3) is 10.9 Å². The van der Waals surface area contributed by atoms with Gasteiger partial charge in [0.25, 0.3) is 0 Å². The average Bonchev–Trinajstić information content (AvgIpc) is 3.03. The van der Waals surface area contributed by atoms with Crippen LogP contribution in [-0.4, -0.2) is 10.8 Å². The van der Waals surface area contributed by atoms with Crippen molar-refractivity contribution in [3.05, 3.63) is 89.7 Å². The van der Waals surface area contributed by atoms with Crippen LogP contribution >= 0.6 is 0 Å². The summed E-state index contributed by atoms with van der Waals surface area (Å²) in [6.07, 6.45) is 7.06. The number of ketones is 1. The predicted octanol–water partition coefficient (Wildman–Crippen LogP) is 6.36. The van der Waals surface area contributed by atoms with Gasteiger partial charge in [0.15, 0.2) is 0 Å². The molecule has 1 heterocycles. The number of carbonyl (C=O) groups excluding carboxylic acids is 1. The minimum absolute atomic E-state index is 0.138. The molecule has 0 radical (unpaired) electrons. The van der Waals surface area contributed by atoms with Crippen LogP contribution in [0.1, 0.15) is 42.5 Å². The van der Waals surface area contributed by atoms with Crippen molar-refractivity contribution in [3.8, 4) is 5.75 Å². The maximum Gasteiger partial charge on any atom is 0.140 e. The van der Waals surface area contributed by atoms with Gasteiger partial charge in [0.05, 0.1) is 0 Å². The van der Waals surface area contributed by atoms with E-state index in [-0.39, 0.29) is 5.92 Å². The Bertz CT molecular complexity index is 1230. The van der Waals surface area contributed by atoms with Gasteiger partial charge in [-0.1, -0.05) is 56.0 Å². The molecule has 3 heteroatoms. The molecule has 2 aromatic carbocycles. The summed E-state index contributed by atoms with van der Waals surface area (Å²) in [6.45, 7) is 6.94. The Morgan fingerprint density at radius 1 is 1.12 bits per heavy atom. The fraction of sp³-hybridized carbons (Fsp3) is 0.345. The van der Waals surface area contributed by atoms with Gasteiger partial charge in [-0.25, -0.2) is 0 Å². The molecule has 5 unspecified atom stereocenters. The van der Waals surface area contributed by atoms with E-state index in [4.69, 9.17) is 4.74 Å². The van der Waals surface area contributed by atoms with E-state index in [9.17, 15) is 4.79 Å². The van der Waals surface area contributed by atoms with Gasteiger partial charge in [-0.2, -0.15) is 0 Å². The minimum Gasteiger partial charge on any atom is -0.489 e. The van der Waals surface area contributed by atoms with Crippen molar-refractivity contribution in [2.45, 2.75) is 38.7 Å². The highest BCUT2D eigenvalue weighted by molar-refractivity contribution is 5.93. The number of benzene rings is 2. The second kappa shape index (κ2) is 7.51. The van der Waals surface area contributed by atoms with E-state index >= 15 is 0 Å². The number of ether oxygens (including phenoxy) is 1. The summed E-state index contributed by atoms with van der Waals surface area (Å²) in [7, 11) is 0. The lowest BCUT2D eigenvalue weighted by Crippen LogP contribution is -2.33. The van der Waals surface area contributed by atoms with Crippen molar-refractivity contribution < 1.29 is 9.53 Å². The van der Waals surface area contributed by atoms with Crippen LogP contribution in [0.2, 0.25) is 0 Å². The van der Waals surface area contributed by atoms with Gasteiger partial charge in [-0.05, 0) is 65.5 Å². The summed E-state index contributed by atoms with van der Waals surface area (Å²) in [6, 6.07) is 16.5. The Kier molecular flexibility index (Phi) is 4.60. The molecule has 0 aliphatic heterocycles. The fourth-order valence-corrected chi connectivity index (χ4v) is 6.60. The molecule has 4 aliphatic rings. The molecule has 3 aromatic rings. The van der Waals surface area contributed by atoms with Crippen molar-refractivity contribution in [1.29, 1.82) is 0 Å². The normalized spacial score (nSPS) is 28.6. The maximum atomic E-state index is 13.5. The highest BCUT2D eigenvalue weighted by atomic mass is 16.5. The number of aromatic amines is 1. The molecule has 0 spiro atoms. The van der Waals surface area contributed by atoms with Crippen molar-refractivity contribution in [1.82, 2.24) is 4.98 Å². The third-order valence-corrected chi connectivity index (χ3v) is 8.09. The van der Waals surface area contributed by atoms with Crippen LogP contribution in [-0.2, 0) is 17.8 Å². The van der Waals surface area contributed by atoms with Gasteiger partial charge in [0.2, 0.25) is 0 Å². The molecule has 5 atom stereocenters. The van der Waals surface area contributed by atoms with E-state index in [2.05, 4.69) is 48.8 Å². The number of rotatable bonds is 4. The first-order valence-electron chi connectivity index (χ1n) is 11.8. The Hall–Kier alpha value is -3.07. The van der Waals surface area contributed by atoms with E-state index in [0.29, 0.717) is 42.5 Å². The molecule has 7 rings (SSSR count). The van der Waals surface area contributed by atoms with E-state index in [0.717, 1.165) is 35.1 Å². The number of carbonyl (C=O) groups is 1. The van der Waals surface area contributed by atoms with Crippen LogP contribution in [0.4, 0.5) is 0 Å². The van der Waals surface area contributed by atoms with Crippen LogP contribution in [0.3, 0.4) is 0 Å². The molecule has 1 saturated carbocycles. The zero-order chi connectivity index (χ0) is 21.8. The lowest BCUT2D eigenvalue weighted by Gasteiger charge is -2.37. The molecule has 0 amide bonds. The van der Waals surface area contributed by atoms with Crippen molar-refractivity contribution in [2.24, 2.45) is 23.7 Å². The standard InChI is InChI=1S/C29H29NO2/c1-3-20-11-19-12-22-17(2)28(20)25(13-19)29-24(15-27(22)31)23-14-21(9-10-26(23)30-29)32-16-18-7-5-4-6-8-18/h3-11,14,17,19,22,25,28,30H,1,12-13,15-16H2,2H3. The van der Waals surface area contributed by atoms with Gasteiger partial charge in [-0.15, -0.1) is 0 Å². The van der Waals surface area contributed by atoms with Gasteiger partial charge in [0, 0.05) is 34.9 Å². The summed E-state index contributed by atoms with van der Waals surface area (Å²) in [5.74, 6) is 2.98. The molecule has 1 N–H and O–H groups in total. The third kappa shape index (κ3) is 3.06. The van der Waals surface area contributed by atoms with Crippen LogP contribution < -0.4 is 4.74 Å².